The molecular weight excluding hydrogens is 397 g/mol. The summed E-state index contributed by atoms with van der Waals surface area (Å²) in [6, 6.07) is 10.9. The van der Waals surface area contributed by atoms with Gasteiger partial charge in [-0.1, -0.05) is 32.0 Å². The topological polar surface area (TPSA) is 30.5 Å². The van der Waals surface area contributed by atoms with E-state index in [1.165, 1.54) is 6.07 Å². The highest BCUT2D eigenvalue weighted by Gasteiger charge is 2.13. The predicted octanol–water partition coefficient (Wildman–Crippen LogP) is 5.10. The second kappa shape index (κ2) is 9.87. The van der Waals surface area contributed by atoms with E-state index in [0.717, 1.165) is 16.6 Å². The summed E-state index contributed by atoms with van der Waals surface area (Å²) in [6.45, 7) is 5.07. The Morgan fingerprint density at radius 2 is 1.92 bits per heavy atom. The first-order chi connectivity index (χ1) is 11.0. The Balaban J connectivity index is 0.00000288. The first-order valence-electron chi connectivity index (χ1n) is 7.47. The Morgan fingerprint density at radius 1 is 1.21 bits per heavy atom. The quantitative estimate of drug-likeness (QED) is 0.679. The molecule has 24 heavy (non-hydrogen) atoms. The summed E-state index contributed by atoms with van der Waals surface area (Å²) in [5.74, 6) is 0.917. The largest absolute Gasteiger partial charge is 0.493 e. The number of methoxy groups -OCH3 is 1. The van der Waals surface area contributed by atoms with Gasteiger partial charge in [-0.2, -0.15) is 0 Å². The van der Waals surface area contributed by atoms with E-state index in [4.69, 9.17) is 9.47 Å². The average Bonchev–Trinajstić information content (AvgIpc) is 2.52. The molecule has 132 valence electrons. The molecule has 0 aliphatic carbocycles. The van der Waals surface area contributed by atoms with Gasteiger partial charge in [-0.05, 0) is 39.7 Å². The Kier molecular flexibility index (Phi) is 8.53. The van der Waals surface area contributed by atoms with Crippen LogP contribution >= 0.6 is 28.3 Å². The van der Waals surface area contributed by atoms with E-state index in [-0.39, 0.29) is 24.8 Å². The average molecular weight is 419 g/mol. The molecule has 2 aromatic carbocycles. The minimum atomic E-state index is -0.277. The van der Waals surface area contributed by atoms with E-state index in [2.05, 4.69) is 35.1 Å². The first-order valence-corrected chi connectivity index (χ1v) is 8.26. The minimum Gasteiger partial charge on any atom is -0.493 e. The van der Waals surface area contributed by atoms with Gasteiger partial charge in [0.1, 0.15) is 12.4 Å². The van der Waals surface area contributed by atoms with Crippen LogP contribution in [0.4, 0.5) is 4.39 Å². The molecule has 0 spiro atoms. The van der Waals surface area contributed by atoms with Crippen molar-refractivity contribution in [2.45, 2.75) is 33.0 Å². The molecule has 2 rings (SSSR count). The highest BCUT2D eigenvalue weighted by atomic mass is 79.9. The van der Waals surface area contributed by atoms with Crippen LogP contribution in [-0.4, -0.2) is 13.2 Å². The lowest BCUT2D eigenvalue weighted by atomic mass is 10.2. The molecule has 6 heteroatoms. The van der Waals surface area contributed by atoms with Gasteiger partial charge >= 0.3 is 0 Å². The Morgan fingerprint density at radius 3 is 2.54 bits per heavy atom. The standard InChI is InChI=1S/C18H21BrFNO2.ClH/c1-12(2)21-10-13-8-15(19)18(17(9-13)22-3)23-11-14-6-4-5-7-16(14)20;/h4-9,12,21H,10-11H2,1-3H3;1H. The molecule has 2 aromatic rings. The van der Waals surface area contributed by atoms with Gasteiger partial charge in [-0.15, -0.1) is 12.4 Å². The number of benzene rings is 2. The highest BCUT2D eigenvalue weighted by molar-refractivity contribution is 9.10. The van der Waals surface area contributed by atoms with Crippen molar-refractivity contribution in [3.63, 3.8) is 0 Å². The number of ether oxygens (including phenoxy) is 2. The number of hydrogen-bond acceptors (Lipinski definition) is 3. The SMILES string of the molecule is COc1cc(CNC(C)C)cc(Br)c1OCc1ccccc1F.Cl. The zero-order valence-corrected chi connectivity index (χ0v) is 16.3. The van der Waals surface area contributed by atoms with Crippen LogP contribution in [0.2, 0.25) is 0 Å². The van der Waals surface area contributed by atoms with E-state index < -0.39 is 0 Å². The van der Waals surface area contributed by atoms with Crippen LogP contribution in [0.25, 0.3) is 0 Å². The zero-order valence-electron chi connectivity index (χ0n) is 13.9. The third-order valence-corrected chi connectivity index (χ3v) is 3.92. The van der Waals surface area contributed by atoms with Crippen molar-refractivity contribution < 1.29 is 13.9 Å². The fraction of sp³-hybridized carbons (Fsp3) is 0.333. The summed E-state index contributed by atoms with van der Waals surface area (Å²) in [6.07, 6.45) is 0. The van der Waals surface area contributed by atoms with Gasteiger partial charge in [-0.3, -0.25) is 0 Å². The molecular formula is C18H22BrClFNO2. The molecule has 0 aromatic heterocycles. The van der Waals surface area contributed by atoms with Gasteiger partial charge in [0.15, 0.2) is 11.5 Å². The monoisotopic (exact) mass is 417 g/mol. The third kappa shape index (κ3) is 5.65. The molecule has 0 unspecified atom stereocenters. The van der Waals surface area contributed by atoms with Crippen molar-refractivity contribution >= 4 is 28.3 Å². The molecule has 0 atom stereocenters. The fourth-order valence-electron chi connectivity index (χ4n) is 2.10. The van der Waals surface area contributed by atoms with Crippen molar-refractivity contribution in [2.75, 3.05) is 7.11 Å². The minimum absolute atomic E-state index is 0. The van der Waals surface area contributed by atoms with Gasteiger partial charge in [0.25, 0.3) is 0 Å². The van der Waals surface area contributed by atoms with Crippen LogP contribution in [-0.2, 0) is 13.2 Å². The highest BCUT2D eigenvalue weighted by Crippen LogP contribution is 2.37. The molecule has 0 fully saturated rings. The van der Waals surface area contributed by atoms with Gasteiger partial charge in [0.05, 0.1) is 11.6 Å². The number of rotatable bonds is 7. The third-order valence-electron chi connectivity index (χ3n) is 3.33. The van der Waals surface area contributed by atoms with Crippen LogP contribution in [0.1, 0.15) is 25.0 Å². The van der Waals surface area contributed by atoms with Gasteiger partial charge in [0, 0.05) is 18.2 Å². The van der Waals surface area contributed by atoms with Crippen LogP contribution in [0.15, 0.2) is 40.9 Å². The van der Waals surface area contributed by atoms with Gasteiger partial charge in [0.2, 0.25) is 0 Å². The molecule has 0 aliphatic heterocycles. The van der Waals surface area contributed by atoms with Gasteiger partial charge < -0.3 is 14.8 Å². The lowest BCUT2D eigenvalue weighted by Gasteiger charge is -2.15. The second-order valence-corrected chi connectivity index (χ2v) is 6.38. The summed E-state index contributed by atoms with van der Waals surface area (Å²) in [5.41, 5.74) is 1.59. The van der Waals surface area contributed by atoms with Crippen molar-refractivity contribution in [2.24, 2.45) is 0 Å². The molecule has 3 nitrogen and oxygen atoms in total. The maximum atomic E-state index is 13.7. The smallest absolute Gasteiger partial charge is 0.175 e. The molecule has 0 heterocycles. The molecule has 0 amide bonds. The van der Waals surface area contributed by atoms with Crippen molar-refractivity contribution in [3.8, 4) is 11.5 Å². The van der Waals surface area contributed by atoms with Crippen LogP contribution in [0.5, 0.6) is 11.5 Å². The van der Waals surface area contributed by atoms with E-state index in [9.17, 15) is 4.39 Å². The Bertz CT molecular complexity index is 667. The summed E-state index contributed by atoms with van der Waals surface area (Å²) in [5, 5.41) is 3.36. The normalized spacial score (nSPS) is 10.4. The van der Waals surface area contributed by atoms with Crippen molar-refractivity contribution in [1.29, 1.82) is 0 Å². The predicted molar refractivity (Wildman–Crippen MR) is 101 cm³/mol. The summed E-state index contributed by atoms with van der Waals surface area (Å²) in [4.78, 5) is 0. The maximum absolute atomic E-state index is 13.7. The van der Waals surface area contributed by atoms with Crippen LogP contribution in [0.3, 0.4) is 0 Å². The molecule has 0 saturated heterocycles. The van der Waals surface area contributed by atoms with E-state index in [0.29, 0.717) is 23.1 Å². The maximum Gasteiger partial charge on any atom is 0.175 e. The molecule has 0 aliphatic rings. The van der Waals surface area contributed by atoms with Crippen LogP contribution in [0, 0.1) is 5.82 Å². The van der Waals surface area contributed by atoms with E-state index >= 15 is 0 Å². The Labute approximate surface area is 157 Å². The zero-order chi connectivity index (χ0) is 16.8. The summed E-state index contributed by atoms with van der Waals surface area (Å²) in [7, 11) is 1.59. The fourth-order valence-corrected chi connectivity index (χ4v) is 2.71. The Hall–Kier alpha value is -1.30. The number of halogens is 3. The summed E-state index contributed by atoms with van der Waals surface area (Å²) >= 11 is 3.51. The second-order valence-electron chi connectivity index (χ2n) is 5.52. The molecule has 0 saturated carbocycles. The lowest BCUT2D eigenvalue weighted by Crippen LogP contribution is -2.21. The number of hydrogen-bond donors (Lipinski definition) is 1. The molecule has 0 radical (unpaired) electrons. The van der Waals surface area contributed by atoms with Gasteiger partial charge in [-0.25, -0.2) is 4.39 Å². The molecule has 1 N–H and O–H groups in total. The first kappa shape index (κ1) is 20.7. The van der Waals surface area contributed by atoms with Crippen molar-refractivity contribution in [3.05, 3.63) is 57.8 Å². The number of nitrogens with one attached hydrogen (secondary N) is 1. The van der Waals surface area contributed by atoms with E-state index in [1.54, 1.807) is 25.3 Å². The van der Waals surface area contributed by atoms with Crippen molar-refractivity contribution in [1.82, 2.24) is 5.32 Å². The molecule has 0 bridgehead atoms. The summed E-state index contributed by atoms with van der Waals surface area (Å²) < 4.78 is 25.7. The lowest BCUT2D eigenvalue weighted by molar-refractivity contribution is 0.277. The van der Waals surface area contributed by atoms with E-state index in [1.807, 2.05) is 12.1 Å². The van der Waals surface area contributed by atoms with Crippen LogP contribution < -0.4 is 14.8 Å².